The molecule has 1 aromatic carbocycles. The first kappa shape index (κ1) is 13.8. The maximum atomic E-state index is 5.74. The lowest BCUT2D eigenvalue weighted by molar-refractivity contribution is 0.547. The first-order chi connectivity index (χ1) is 9.28. The molecule has 0 radical (unpaired) electrons. The van der Waals surface area contributed by atoms with Crippen molar-refractivity contribution in [3.63, 3.8) is 0 Å². The third kappa shape index (κ3) is 3.22. The number of aryl methyl sites for hydroxylation is 2. The molecule has 0 fully saturated rings. The van der Waals surface area contributed by atoms with E-state index in [-0.39, 0.29) is 6.04 Å². The second-order valence-electron chi connectivity index (χ2n) is 4.68. The van der Waals surface area contributed by atoms with Crippen LogP contribution in [0.3, 0.4) is 0 Å². The second kappa shape index (κ2) is 6.50. The highest BCUT2D eigenvalue weighted by atomic mass is 15.3. The van der Waals surface area contributed by atoms with Gasteiger partial charge in [-0.15, -0.1) is 0 Å². The fraction of sp³-hybridized carbons (Fsp3) is 0.400. The lowest BCUT2D eigenvalue weighted by Gasteiger charge is -2.18. The summed E-state index contributed by atoms with van der Waals surface area (Å²) in [4.78, 5) is 0. The van der Waals surface area contributed by atoms with Crippen LogP contribution in [-0.2, 0) is 19.4 Å². The molecular weight excluding hydrogens is 236 g/mol. The van der Waals surface area contributed by atoms with Crippen molar-refractivity contribution in [3.05, 3.63) is 53.3 Å². The van der Waals surface area contributed by atoms with Crippen LogP contribution in [0, 0.1) is 0 Å². The summed E-state index contributed by atoms with van der Waals surface area (Å²) in [6.45, 7) is 5.15. The van der Waals surface area contributed by atoms with Crippen molar-refractivity contribution in [2.24, 2.45) is 5.84 Å². The van der Waals surface area contributed by atoms with Crippen molar-refractivity contribution in [2.75, 3.05) is 0 Å². The predicted molar refractivity (Wildman–Crippen MR) is 77.5 cm³/mol. The zero-order valence-corrected chi connectivity index (χ0v) is 11.6. The molecule has 2 aromatic rings. The smallest absolute Gasteiger partial charge is 0.0522 e. The molecular formula is C15H22N4. The molecule has 0 saturated heterocycles. The van der Waals surface area contributed by atoms with E-state index in [1.165, 1.54) is 16.7 Å². The van der Waals surface area contributed by atoms with E-state index in [2.05, 4.69) is 54.8 Å². The van der Waals surface area contributed by atoms with E-state index in [9.17, 15) is 0 Å². The Morgan fingerprint density at radius 1 is 1.32 bits per heavy atom. The summed E-state index contributed by atoms with van der Waals surface area (Å²) < 4.78 is 1.94. The van der Waals surface area contributed by atoms with E-state index < -0.39 is 0 Å². The number of hydrogen-bond donors (Lipinski definition) is 2. The van der Waals surface area contributed by atoms with Gasteiger partial charge in [0, 0.05) is 12.7 Å². The van der Waals surface area contributed by atoms with Gasteiger partial charge in [-0.1, -0.05) is 31.2 Å². The second-order valence-corrected chi connectivity index (χ2v) is 4.68. The molecule has 102 valence electrons. The van der Waals surface area contributed by atoms with Crippen molar-refractivity contribution >= 4 is 0 Å². The number of nitrogens with two attached hydrogens (primary N) is 1. The Hall–Kier alpha value is -1.65. The Morgan fingerprint density at radius 3 is 2.74 bits per heavy atom. The van der Waals surface area contributed by atoms with Crippen LogP contribution < -0.4 is 11.3 Å². The summed E-state index contributed by atoms with van der Waals surface area (Å²) in [5, 5.41) is 4.31. The van der Waals surface area contributed by atoms with Gasteiger partial charge in [-0.3, -0.25) is 16.0 Å². The largest absolute Gasteiger partial charge is 0.273 e. The quantitative estimate of drug-likeness (QED) is 0.617. The summed E-state index contributed by atoms with van der Waals surface area (Å²) in [5.41, 5.74) is 6.75. The van der Waals surface area contributed by atoms with Gasteiger partial charge in [-0.05, 0) is 36.5 Å². The highest BCUT2D eigenvalue weighted by Gasteiger charge is 2.14. The summed E-state index contributed by atoms with van der Waals surface area (Å²) >= 11 is 0. The monoisotopic (exact) mass is 258 g/mol. The van der Waals surface area contributed by atoms with Crippen molar-refractivity contribution in [1.82, 2.24) is 15.2 Å². The van der Waals surface area contributed by atoms with E-state index in [0.29, 0.717) is 0 Å². The van der Waals surface area contributed by atoms with Crippen LogP contribution in [0.4, 0.5) is 0 Å². The molecule has 1 aromatic heterocycles. The van der Waals surface area contributed by atoms with Crippen molar-refractivity contribution < 1.29 is 0 Å². The third-order valence-corrected chi connectivity index (χ3v) is 3.46. The minimum Gasteiger partial charge on any atom is -0.273 e. The highest BCUT2D eigenvalue weighted by molar-refractivity contribution is 5.31. The molecule has 0 aliphatic heterocycles. The van der Waals surface area contributed by atoms with Crippen LogP contribution >= 0.6 is 0 Å². The van der Waals surface area contributed by atoms with E-state index in [1.807, 2.05) is 10.9 Å². The number of benzene rings is 1. The van der Waals surface area contributed by atoms with Gasteiger partial charge in [0.05, 0.1) is 12.2 Å². The molecule has 2 rings (SSSR count). The van der Waals surface area contributed by atoms with Crippen molar-refractivity contribution in [3.8, 4) is 0 Å². The van der Waals surface area contributed by atoms with Crippen LogP contribution in [0.1, 0.15) is 36.6 Å². The number of rotatable bonds is 6. The summed E-state index contributed by atoms with van der Waals surface area (Å²) in [7, 11) is 0. The van der Waals surface area contributed by atoms with Crippen molar-refractivity contribution in [1.29, 1.82) is 0 Å². The van der Waals surface area contributed by atoms with Gasteiger partial charge in [0.25, 0.3) is 0 Å². The summed E-state index contributed by atoms with van der Waals surface area (Å²) in [6, 6.07) is 8.58. The molecule has 0 aliphatic rings. The molecule has 0 aliphatic carbocycles. The zero-order valence-electron chi connectivity index (χ0n) is 11.6. The van der Waals surface area contributed by atoms with Gasteiger partial charge in [-0.2, -0.15) is 5.10 Å². The first-order valence-corrected chi connectivity index (χ1v) is 6.83. The van der Waals surface area contributed by atoms with Crippen LogP contribution in [0.2, 0.25) is 0 Å². The minimum absolute atomic E-state index is 0.130. The topological polar surface area (TPSA) is 55.9 Å². The molecule has 4 heteroatoms. The third-order valence-electron chi connectivity index (χ3n) is 3.46. The van der Waals surface area contributed by atoms with Gasteiger partial charge in [0.2, 0.25) is 0 Å². The average Bonchev–Trinajstić information content (AvgIpc) is 2.92. The van der Waals surface area contributed by atoms with Gasteiger partial charge in [0.1, 0.15) is 0 Å². The molecule has 19 heavy (non-hydrogen) atoms. The molecule has 1 atom stereocenters. The SMILES string of the molecule is CCc1ccccc1C(Cc1cnn(CC)c1)NN. The average molecular weight is 258 g/mol. The molecule has 0 saturated carbocycles. The lowest BCUT2D eigenvalue weighted by atomic mass is 9.95. The Labute approximate surface area is 114 Å². The Kier molecular flexibility index (Phi) is 4.71. The van der Waals surface area contributed by atoms with E-state index >= 15 is 0 Å². The number of hydrazine groups is 1. The summed E-state index contributed by atoms with van der Waals surface area (Å²) in [6.07, 6.45) is 5.87. The zero-order chi connectivity index (χ0) is 13.7. The van der Waals surface area contributed by atoms with Crippen molar-refractivity contribution in [2.45, 2.75) is 39.3 Å². The van der Waals surface area contributed by atoms with Crippen LogP contribution in [0.5, 0.6) is 0 Å². The molecule has 1 heterocycles. The molecule has 3 N–H and O–H groups in total. The van der Waals surface area contributed by atoms with Gasteiger partial charge in [0.15, 0.2) is 0 Å². The number of nitrogens with one attached hydrogen (secondary N) is 1. The lowest BCUT2D eigenvalue weighted by Crippen LogP contribution is -2.30. The van der Waals surface area contributed by atoms with Crippen LogP contribution in [0.15, 0.2) is 36.7 Å². The van der Waals surface area contributed by atoms with E-state index in [0.717, 1.165) is 19.4 Å². The Morgan fingerprint density at radius 2 is 2.11 bits per heavy atom. The van der Waals surface area contributed by atoms with Gasteiger partial charge in [-0.25, -0.2) is 0 Å². The molecule has 0 amide bonds. The van der Waals surface area contributed by atoms with Gasteiger partial charge < -0.3 is 0 Å². The number of aromatic nitrogens is 2. The normalized spacial score (nSPS) is 12.6. The fourth-order valence-corrected chi connectivity index (χ4v) is 2.38. The van der Waals surface area contributed by atoms with Crippen LogP contribution in [0.25, 0.3) is 0 Å². The highest BCUT2D eigenvalue weighted by Crippen LogP contribution is 2.21. The minimum atomic E-state index is 0.130. The summed E-state index contributed by atoms with van der Waals surface area (Å²) in [5.74, 6) is 5.74. The maximum absolute atomic E-state index is 5.74. The Bertz CT molecular complexity index is 518. The Balaban J connectivity index is 2.19. The molecule has 0 bridgehead atoms. The number of nitrogens with zero attached hydrogens (tertiary/aromatic N) is 2. The molecule has 1 unspecified atom stereocenters. The fourth-order valence-electron chi connectivity index (χ4n) is 2.38. The molecule has 4 nitrogen and oxygen atoms in total. The van der Waals surface area contributed by atoms with E-state index in [4.69, 9.17) is 5.84 Å². The first-order valence-electron chi connectivity index (χ1n) is 6.83. The standard InChI is InChI=1S/C15H22N4/c1-3-13-7-5-6-8-14(13)15(18-16)9-12-10-17-19(4-2)11-12/h5-8,10-11,15,18H,3-4,9,16H2,1-2H3. The maximum Gasteiger partial charge on any atom is 0.0522 e. The molecule has 0 spiro atoms. The van der Waals surface area contributed by atoms with E-state index in [1.54, 1.807) is 0 Å². The predicted octanol–water partition coefficient (Wildman–Crippen LogP) is 2.21. The van der Waals surface area contributed by atoms with Gasteiger partial charge >= 0.3 is 0 Å². The number of hydrogen-bond acceptors (Lipinski definition) is 3. The van der Waals surface area contributed by atoms with Crippen LogP contribution in [-0.4, -0.2) is 9.78 Å².